The Kier molecular flexibility index (Phi) is 5.36. The Morgan fingerprint density at radius 2 is 1.41 bits per heavy atom. The number of rotatable bonds is 4. The molecule has 0 bridgehead atoms. The zero-order valence-corrected chi connectivity index (χ0v) is 15.7. The van der Waals surface area contributed by atoms with Gasteiger partial charge in [-0.1, -0.05) is 30.3 Å². The molecule has 0 atom stereocenters. The molecule has 0 aliphatic heterocycles. The van der Waals surface area contributed by atoms with Gasteiger partial charge in [-0.2, -0.15) is 0 Å². The van der Waals surface area contributed by atoms with Gasteiger partial charge in [-0.05, 0) is 67.4 Å². The molecule has 0 aromatic heterocycles. The highest BCUT2D eigenvalue weighted by Gasteiger charge is 2.15. The normalized spacial score (nSPS) is 10.3. The van der Waals surface area contributed by atoms with Gasteiger partial charge in [0.1, 0.15) is 0 Å². The molecule has 4 heteroatoms. The standard InChI is InChI=1S/C23H22N2O2/c1-16-12-17(2)14-20(13-16)24-22(26)18-8-7-9-19(15-18)23(27)25(3)21-10-5-4-6-11-21/h4-15H,1-3H3,(H,24,26). The number of para-hydroxylation sites is 1. The van der Waals surface area contributed by atoms with E-state index >= 15 is 0 Å². The molecule has 0 heterocycles. The molecule has 3 aromatic carbocycles. The van der Waals surface area contributed by atoms with Gasteiger partial charge in [0, 0.05) is 29.5 Å². The fraction of sp³-hybridized carbons (Fsp3) is 0.130. The highest BCUT2D eigenvalue weighted by Crippen LogP contribution is 2.18. The first-order valence-electron chi connectivity index (χ1n) is 8.77. The fourth-order valence-corrected chi connectivity index (χ4v) is 3.01. The van der Waals surface area contributed by atoms with Crippen LogP contribution < -0.4 is 10.2 Å². The van der Waals surface area contributed by atoms with Crippen molar-refractivity contribution in [2.24, 2.45) is 0 Å². The monoisotopic (exact) mass is 358 g/mol. The largest absolute Gasteiger partial charge is 0.322 e. The Labute approximate surface area is 159 Å². The van der Waals surface area contributed by atoms with Crippen LogP contribution >= 0.6 is 0 Å². The molecule has 136 valence electrons. The number of hydrogen-bond donors (Lipinski definition) is 1. The third kappa shape index (κ3) is 4.42. The smallest absolute Gasteiger partial charge is 0.258 e. The molecule has 0 spiro atoms. The minimum absolute atomic E-state index is 0.165. The van der Waals surface area contributed by atoms with Gasteiger partial charge < -0.3 is 10.2 Å². The summed E-state index contributed by atoms with van der Waals surface area (Å²) in [5.41, 5.74) is 4.62. The molecule has 0 unspecified atom stereocenters. The van der Waals surface area contributed by atoms with E-state index in [9.17, 15) is 9.59 Å². The number of nitrogens with one attached hydrogen (secondary N) is 1. The molecule has 0 aliphatic rings. The summed E-state index contributed by atoms with van der Waals surface area (Å²) in [4.78, 5) is 26.9. The van der Waals surface area contributed by atoms with Crippen molar-refractivity contribution in [1.29, 1.82) is 0 Å². The van der Waals surface area contributed by atoms with Crippen LogP contribution in [0.3, 0.4) is 0 Å². The summed E-state index contributed by atoms with van der Waals surface area (Å²) in [5.74, 6) is -0.403. The van der Waals surface area contributed by atoms with E-state index in [1.165, 1.54) is 0 Å². The fourth-order valence-electron chi connectivity index (χ4n) is 3.01. The predicted octanol–water partition coefficient (Wildman–Crippen LogP) is 4.83. The average molecular weight is 358 g/mol. The maximum atomic E-state index is 12.8. The van der Waals surface area contributed by atoms with Gasteiger partial charge in [-0.3, -0.25) is 9.59 Å². The zero-order valence-electron chi connectivity index (χ0n) is 15.7. The van der Waals surface area contributed by atoms with E-state index < -0.39 is 0 Å². The number of amides is 2. The molecule has 4 nitrogen and oxygen atoms in total. The van der Waals surface area contributed by atoms with Crippen LogP contribution in [0.25, 0.3) is 0 Å². The summed E-state index contributed by atoms with van der Waals surface area (Å²) >= 11 is 0. The van der Waals surface area contributed by atoms with Crippen LogP contribution in [-0.4, -0.2) is 18.9 Å². The number of hydrogen-bond acceptors (Lipinski definition) is 2. The van der Waals surface area contributed by atoms with Crippen LogP contribution in [0.1, 0.15) is 31.8 Å². The molecular formula is C23H22N2O2. The molecule has 27 heavy (non-hydrogen) atoms. The minimum atomic E-state index is -0.239. The first kappa shape index (κ1) is 18.4. The lowest BCUT2D eigenvalue weighted by molar-refractivity contribution is 0.0993. The van der Waals surface area contributed by atoms with E-state index in [1.807, 2.05) is 62.4 Å². The quantitative estimate of drug-likeness (QED) is 0.726. The number of nitrogens with zero attached hydrogens (tertiary/aromatic N) is 1. The van der Waals surface area contributed by atoms with Crippen molar-refractivity contribution in [1.82, 2.24) is 0 Å². The lowest BCUT2D eigenvalue weighted by Gasteiger charge is -2.17. The summed E-state index contributed by atoms with van der Waals surface area (Å²) in [7, 11) is 1.72. The molecule has 3 aromatic rings. The number of carbonyl (C=O) groups is 2. The molecule has 0 fully saturated rings. The molecule has 3 rings (SSSR count). The van der Waals surface area contributed by atoms with E-state index in [4.69, 9.17) is 0 Å². The van der Waals surface area contributed by atoms with Crippen molar-refractivity contribution in [3.63, 3.8) is 0 Å². The summed E-state index contributed by atoms with van der Waals surface area (Å²) < 4.78 is 0. The molecule has 0 radical (unpaired) electrons. The van der Waals surface area contributed by atoms with E-state index in [2.05, 4.69) is 5.32 Å². The minimum Gasteiger partial charge on any atom is -0.322 e. The van der Waals surface area contributed by atoms with E-state index in [1.54, 1.807) is 36.2 Å². The number of carbonyl (C=O) groups excluding carboxylic acids is 2. The number of anilines is 2. The highest BCUT2D eigenvalue weighted by atomic mass is 16.2. The lowest BCUT2D eigenvalue weighted by Crippen LogP contribution is -2.26. The second kappa shape index (κ2) is 7.87. The van der Waals surface area contributed by atoms with Crippen molar-refractivity contribution in [3.05, 3.63) is 95.1 Å². The first-order chi connectivity index (χ1) is 12.9. The van der Waals surface area contributed by atoms with Gasteiger partial charge in [0.15, 0.2) is 0 Å². The predicted molar refractivity (Wildman–Crippen MR) is 109 cm³/mol. The molecule has 0 aliphatic carbocycles. The van der Waals surface area contributed by atoms with Crippen molar-refractivity contribution < 1.29 is 9.59 Å². The zero-order chi connectivity index (χ0) is 19.4. The van der Waals surface area contributed by atoms with Crippen molar-refractivity contribution in [2.45, 2.75) is 13.8 Å². The maximum absolute atomic E-state index is 12.8. The second-order valence-corrected chi connectivity index (χ2v) is 6.61. The van der Waals surface area contributed by atoms with Crippen molar-refractivity contribution >= 4 is 23.2 Å². The van der Waals surface area contributed by atoms with Gasteiger partial charge in [0.25, 0.3) is 11.8 Å². The Bertz CT molecular complexity index is 960. The Morgan fingerprint density at radius 3 is 2.07 bits per heavy atom. The molecule has 2 amide bonds. The highest BCUT2D eigenvalue weighted by molar-refractivity contribution is 6.09. The summed E-state index contributed by atoms with van der Waals surface area (Å²) in [6.45, 7) is 3.97. The van der Waals surface area contributed by atoms with Gasteiger partial charge in [0.2, 0.25) is 0 Å². The van der Waals surface area contributed by atoms with Crippen LogP contribution in [0.4, 0.5) is 11.4 Å². The number of benzene rings is 3. The van der Waals surface area contributed by atoms with E-state index in [0.29, 0.717) is 11.1 Å². The van der Waals surface area contributed by atoms with Crippen LogP contribution in [-0.2, 0) is 0 Å². The van der Waals surface area contributed by atoms with Crippen molar-refractivity contribution in [2.75, 3.05) is 17.3 Å². The second-order valence-electron chi connectivity index (χ2n) is 6.61. The Morgan fingerprint density at radius 1 is 0.778 bits per heavy atom. The molecule has 0 saturated heterocycles. The summed E-state index contributed by atoms with van der Waals surface area (Å²) in [6.07, 6.45) is 0. The van der Waals surface area contributed by atoms with Crippen molar-refractivity contribution in [3.8, 4) is 0 Å². The van der Waals surface area contributed by atoms with Gasteiger partial charge in [0.05, 0.1) is 0 Å². The summed E-state index contributed by atoms with van der Waals surface area (Å²) in [5, 5.41) is 2.90. The van der Waals surface area contributed by atoms with Gasteiger partial charge >= 0.3 is 0 Å². The van der Waals surface area contributed by atoms with Crippen LogP contribution in [0.15, 0.2) is 72.8 Å². The third-order valence-corrected chi connectivity index (χ3v) is 4.30. The lowest BCUT2D eigenvalue weighted by atomic mass is 10.1. The Balaban J connectivity index is 1.80. The van der Waals surface area contributed by atoms with Gasteiger partial charge in [-0.25, -0.2) is 0 Å². The average Bonchev–Trinajstić information content (AvgIpc) is 2.67. The molecular weight excluding hydrogens is 336 g/mol. The summed E-state index contributed by atoms with van der Waals surface area (Å²) in [6, 6.07) is 22.1. The molecule has 0 saturated carbocycles. The third-order valence-electron chi connectivity index (χ3n) is 4.30. The van der Waals surface area contributed by atoms with Gasteiger partial charge in [-0.15, -0.1) is 0 Å². The topological polar surface area (TPSA) is 49.4 Å². The van der Waals surface area contributed by atoms with Crippen LogP contribution in [0.5, 0.6) is 0 Å². The first-order valence-corrected chi connectivity index (χ1v) is 8.77. The molecule has 1 N–H and O–H groups in total. The Hall–Kier alpha value is -3.40. The van der Waals surface area contributed by atoms with E-state index in [-0.39, 0.29) is 11.8 Å². The number of aryl methyl sites for hydroxylation is 2. The van der Waals surface area contributed by atoms with Crippen LogP contribution in [0.2, 0.25) is 0 Å². The SMILES string of the molecule is Cc1cc(C)cc(NC(=O)c2cccc(C(=O)N(C)c3ccccc3)c2)c1. The van der Waals surface area contributed by atoms with Crippen LogP contribution in [0, 0.1) is 13.8 Å². The maximum Gasteiger partial charge on any atom is 0.258 e. The van der Waals surface area contributed by atoms with E-state index in [0.717, 1.165) is 22.5 Å².